The minimum Gasteiger partial charge on any atom is -0.445 e. The van der Waals surface area contributed by atoms with Crippen LogP contribution >= 0.6 is 0 Å². The topological polar surface area (TPSA) is 84.0 Å². The summed E-state index contributed by atoms with van der Waals surface area (Å²) in [5.74, 6) is 0.210. The number of carbonyl (C=O) groups is 2. The highest BCUT2D eigenvalue weighted by molar-refractivity contribution is 7.91. The fourth-order valence-electron chi connectivity index (χ4n) is 3.36. The summed E-state index contributed by atoms with van der Waals surface area (Å²) in [5.41, 5.74) is 0.932. The van der Waals surface area contributed by atoms with Crippen molar-refractivity contribution >= 4 is 21.8 Å². The number of rotatable bonds is 4. The average molecular weight is 380 g/mol. The molecule has 0 aliphatic carbocycles. The van der Waals surface area contributed by atoms with Crippen molar-refractivity contribution in [2.75, 3.05) is 37.7 Å². The highest BCUT2D eigenvalue weighted by atomic mass is 32.2. The van der Waals surface area contributed by atoms with Crippen LogP contribution in [0.3, 0.4) is 0 Å². The lowest BCUT2D eigenvalue weighted by molar-refractivity contribution is -0.133. The molecule has 142 valence electrons. The number of carbonyl (C=O) groups excluding carboxylic acids is 2. The SMILES string of the molecule is O=C(CC1CCS(=O)(=O)C1)N1CCN(C(=O)OCc2ccccc2)CC1. The van der Waals surface area contributed by atoms with E-state index in [4.69, 9.17) is 4.74 Å². The van der Waals surface area contributed by atoms with E-state index >= 15 is 0 Å². The highest BCUT2D eigenvalue weighted by Crippen LogP contribution is 2.22. The first-order valence-electron chi connectivity index (χ1n) is 8.87. The maximum atomic E-state index is 12.3. The fourth-order valence-corrected chi connectivity index (χ4v) is 5.22. The predicted octanol–water partition coefficient (Wildman–Crippen LogP) is 1.29. The first-order chi connectivity index (χ1) is 12.4. The number of sulfone groups is 1. The summed E-state index contributed by atoms with van der Waals surface area (Å²) in [6.07, 6.45) is 0.472. The van der Waals surface area contributed by atoms with Crippen LogP contribution in [-0.4, -0.2) is 67.9 Å². The minimum atomic E-state index is -2.96. The van der Waals surface area contributed by atoms with Gasteiger partial charge in [0, 0.05) is 32.6 Å². The van der Waals surface area contributed by atoms with Crippen LogP contribution in [-0.2, 0) is 26.0 Å². The molecule has 2 heterocycles. The molecule has 0 spiro atoms. The van der Waals surface area contributed by atoms with Gasteiger partial charge in [0.05, 0.1) is 11.5 Å². The van der Waals surface area contributed by atoms with Crippen molar-refractivity contribution in [3.63, 3.8) is 0 Å². The molecule has 2 aliphatic rings. The number of hydrogen-bond donors (Lipinski definition) is 0. The summed E-state index contributed by atoms with van der Waals surface area (Å²) < 4.78 is 28.3. The van der Waals surface area contributed by atoms with E-state index in [0.717, 1.165) is 5.56 Å². The lowest BCUT2D eigenvalue weighted by Crippen LogP contribution is -2.51. The van der Waals surface area contributed by atoms with E-state index in [0.29, 0.717) is 32.6 Å². The lowest BCUT2D eigenvalue weighted by Gasteiger charge is -2.34. The Morgan fingerprint density at radius 2 is 1.69 bits per heavy atom. The summed E-state index contributed by atoms with van der Waals surface area (Å²) in [6, 6.07) is 9.48. The number of benzene rings is 1. The van der Waals surface area contributed by atoms with E-state index in [1.807, 2.05) is 30.3 Å². The number of amides is 2. The molecule has 3 rings (SSSR count). The van der Waals surface area contributed by atoms with Gasteiger partial charge in [0.25, 0.3) is 0 Å². The molecule has 2 fully saturated rings. The van der Waals surface area contributed by atoms with Gasteiger partial charge in [-0.1, -0.05) is 30.3 Å². The number of nitrogens with zero attached hydrogens (tertiary/aromatic N) is 2. The Morgan fingerprint density at radius 3 is 2.31 bits per heavy atom. The Balaban J connectivity index is 1.40. The molecule has 2 saturated heterocycles. The maximum Gasteiger partial charge on any atom is 0.410 e. The largest absolute Gasteiger partial charge is 0.445 e. The monoisotopic (exact) mass is 380 g/mol. The molecule has 1 atom stereocenters. The highest BCUT2D eigenvalue weighted by Gasteiger charge is 2.32. The lowest BCUT2D eigenvalue weighted by atomic mass is 10.0. The van der Waals surface area contributed by atoms with Gasteiger partial charge in [0.1, 0.15) is 6.61 Å². The van der Waals surface area contributed by atoms with E-state index in [9.17, 15) is 18.0 Å². The molecular formula is C18H24N2O5S. The molecule has 8 heteroatoms. The first kappa shape index (κ1) is 18.7. The van der Waals surface area contributed by atoms with E-state index in [2.05, 4.69) is 0 Å². The van der Waals surface area contributed by atoms with Crippen molar-refractivity contribution in [1.29, 1.82) is 0 Å². The molecular weight excluding hydrogens is 356 g/mol. The standard InChI is InChI=1S/C18H24N2O5S/c21-17(12-16-6-11-26(23,24)14-16)19-7-9-20(10-8-19)18(22)25-13-15-4-2-1-3-5-15/h1-5,16H,6-14H2. The third kappa shape index (κ3) is 4.97. The fraction of sp³-hybridized carbons (Fsp3) is 0.556. The van der Waals surface area contributed by atoms with Gasteiger partial charge >= 0.3 is 6.09 Å². The molecule has 1 unspecified atom stereocenters. The third-order valence-electron chi connectivity index (χ3n) is 4.89. The van der Waals surface area contributed by atoms with Crippen molar-refractivity contribution in [1.82, 2.24) is 9.80 Å². The summed E-state index contributed by atoms with van der Waals surface area (Å²) in [4.78, 5) is 27.8. The van der Waals surface area contributed by atoms with Crippen molar-refractivity contribution < 1.29 is 22.7 Å². The van der Waals surface area contributed by atoms with Crippen molar-refractivity contribution in [3.8, 4) is 0 Å². The van der Waals surface area contributed by atoms with Crippen LogP contribution in [0.25, 0.3) is 0 Å². The van der Waals surface area contributed by atoms with Gasteiger partial charge in [-0.15, -0.1) is 0 Å². The molecule has 0 bridgehead atoms. The van der Waals surface area contributed by atoms with Crippen molar-refractivity contribution in [3.05, 3.63) is 35.9 Å². The zero-order valence-electron chi connectivity index (χ0n) is 14.7. The van der Waals surface area contributed by atoms with Gasteiger partial charge in [0.15, 0.2) is 9.84 Å². The Labute approximate surface area is 153 Å². The molecule has 1 aromatic carbocycles. The predicted molar refractivity (Wildman–Crippen MR) is 96.2 cm³/mol. The molecule has 0 radical (unpaired) electrons. The smallest absolute Gasteiger partial charge is 0.410 e. The van der Waals surface area contributed by atoms with Crippen LogP contribution in [0, 0.1) is 5.92 Å². The van der Waals surface area contributed by atoms with Crippen molar-refractivity contribution in [2.24, 2.45) is 5.92 Å². The van der Waals surface area contributed by atoms with Crippen LogP contribution < -0.4 is 0 Å². The molecule has 1 aromatic rings. The Bertz CT molecular complexity index is 742. The van der Waals surface area contributed by atoms with Gasteiger partial charge in [0.2, 0.25) is 5.91 Å². The quantitative estimate of drug-likeness (QED) is 0.786. The first-order valence-corrected chi connectivity index (χ1v) is 10.7. The van der Waals surface area contributed by atoms with Crippen LogP contribution in [0.2, 0.25) is 0 Å². The van der Waals surface area contributed by atoms with Gasteiger partial charge in [-0.2, -0.15) is 0 Å². The molecule has 0 aromatic heterocycles. The molecule has 26 heavy (non-hydrogen) atoms. The second-order valence-corrected chi connectivity index (χ2v) is 9.11. The van der Waals surface area contributed by atoms with E-state index in [1.54, 1.807) is 9.80 Å². The van der Waals surface area contributed by atoms with Gasteiger partial charge < -0.3 is 14.5 Å². The van der Waals surface area contributed by atoms with Crippen LogP contribution in [0.5, 0.6) is 0 Å². The van der Waals surface area contributed by atoms with Crippen LogP contribution in [0.4, 0.5) is 4.79 Å². The van der Waals surface area contributed by atoms with Crippen molar-refractivity contribution in [2.45, 2.75) is 19.4 Å². The molecule has 2 aliphatic heterocycles. The molecule has 0 saturated carbocycles. The minimum absolute atomic E-state index is 0.0237. The Morgan fingerprint density at radius 1 is 1.04 bits per heavy atom. The third-order valence-corrected chi connectivity index (χ3v) is 6.72. The Kier molecular flexibility index (Phi) is 5.80. The second kappa shape index (κ2) is 8.07. The number of hydrogen-bond acceptors (Lipinski definition) is 5. The molecule has 0 N–H and O–H groups in total. The zero-order valence-corrected chi connectivity index (χ0v) is 15.5. The second-order valence-electron chi connectivity index (χ2n) is 6.88. The van der Waals surface area contributed by atoms with Crippen LogP contribution in [0.15, 0.2) is 30.3 Å². The maximum absolute atomic E-state index is 12.3. The van der Waals surface area contributed by atoms with Gasteiger partial charge in [-0.05, 0) is 17.9 Å². The van der Waals surface area contributed by atoms with E-state index < -0.39 is 9.84 Å². The number of ether oxygens (including phenoxy) is 1. The normalized spacial score (nSPS) is 22.2. The summed E-state index contributed by atoms with van der Waals surface area (Å²) in [5, 5.41) is 0. The van der Waals surface area contributed by atoms with Crippen LogP contribution in [0.1, 0.15) is 18.4 Å². The zero-order chi connectivity index (χ0) is 18.6. The summed E-state index contributed by atoms with van der Waals surface area (Å²) in [6.45, 7) is 2.01. The van der Waals surface area contributed by atoms with E-state index in [1.165, 1.54) is 0 Å². The van der Waals surface area contributed by atoms with E-state index in [-0.39, 0.29) is 42.5 Å². The van der Waals surface area contributed by atoms with Gasteiger partial charge in [-0.25, -0.2) is 13.2 Å². The Hall–Kier alpha value is -2.09. The average Bonchev–Trinajstić information content (AvgIpc) is 2.99. The molecule has 2 amide bonds. The summed E-state index contributed by atoms with van der Waals surface area (Å²) in [7, 11) is -2.96. The molecule has 7 nitrogen and oxygen atoms in total. The number of piperazine rings is 1. The summed E-state index contributed by atoms with van der Waals surface area (Å²) >= 11 is 0. The van der Waals surface area contributed by atoms with Gasteiger partial charge in [-0.3, -0.25) is 4.79 Å².